The van der Waals surface area contributed by atoms with Crippen LogP contribution in [0.4, 0.5) is 5.00 Å². The molecule has 1 N–H and O–H groups in total. The van der Waals surface area contributed by atoms with Crippen molar-refractivity contribution in [3.8, 4) is 0 Å². The van der Waals surface area contributed by atoms with E-state index in [1.807, 2.05) is 31.2 Å². The van der Waals surface area contributed by atoms with E-state index in [2.05, 4.69) is 10.3 Å². The summed E-state index contributed by atoms with van der Waals surface area (Å²) in [6, 6.07) is 9.06. The molecule has 0 aliphatic carbocycles. The van der Waals surface area contributed by atoms with Crippen molar-refractivity contribution >= 4 is 45.0 Å². The van der Waals surface area contributed by atoms with E-state index in [1.54, 1.807) is 34.0 Å². The van der Waals surface area contributed by atoms with Gasteiger partial charge < -0.3 is 15.0 Å². The minimum atomic E-state index is -0.574. The molecule has 0 saturated carbocycles. The number of carbonyl (C=O) groups is 3. The summed E-state index contributed by atoms with van der Waals surface area (Å²) in [7, 11) is 3.27. The fraction of sp³-hybridized carbons (Fsp3) is 0.273. The number of hydrogen-bond acceptors (Lipinski definition) is 6. The van der Waals surface area contributed by atoms with Gasteiger partial charge in [0, 0.05) is 25.2 Å². The van der Waals surface area contributed by atoms with Crippen LogP contribution in [0, 0.1) is 13.8 Å². The van der Waals surface area contributed by atoms with Gasteiger partial charge in [-0.15, -0.1) is 11.3 Å². The smallest absolute Gasteiger partial charge is 0.341 e. The third-order valence-corrected chi connectivity index (χ3v) is 5.74. The topological polar surface area (TPSA) is 88.6 Å². The van der Waals surface area contributed by atoms with Crippen LogP contribution in [0.15, 0.2) is 30.3 Å². The van der Waals surface area contributed by atoms with Crippen molar-refractivity contribution in [3.05, 3.63) is 57.6 Å². The lowest BCUT2D eigenvalue weighted by Gasteiger charge is -2.10. The first-order valence-corrected chi connectivity index (χ1v) is 10.3. The van der Waals surface area contributed by atoms with Gasteiger partial charge in [-0.2, -0.15) is 0 Å². The number of pyridine rings is 1. The van der Waals surface area contributed by atoms with Crippen molar-refractivity contribution in [1.29, 1.82) is 0 Å². The number of nitrogens with zero attached hydrogens (tertiary/aromatic N) is 2. The van der Waals surface area contributed by atoms with Crippen molar-refractivity contribution in [2.24, 2.45) is 0 Å². The highest BCUT2D eigenvalue weighted by molar-refractivity contribution is 7.18. The summed E-state index contributed by atoms with van der Waals surface area (Å²) < 4.78 is 5.16. The zero-order valence-corrected chi connectivity index (χ0v) is 18.3. The number of aryl methyl sites for hydroxylation is 1. The van der Waals surface area contributed by atoms with Gasteiger partial charge in [0.1, 0.15) is 5.00 Å². The number of fused-ring (bicyclic) bond motifs is 1. The van der Waals surface area contributed by atoms with Crippen LogP contribution in [0.3, 0.4) is 0 Å². The average molecular weight is 426 g/mol. The highest BCUT2D eigenvalue weighted by Gasteiger charge is 2.28. The summed E-state index contributed by atoms with van der Waals surface area (Å²) in [5, 5.41) is 3.82. The van der Waals surface area contributed by atoms with Gasteiger partial charge >= 0.3 is 5.97 Å². The van der Waals surface area contributed by atoms with Crippen LogP contribution in [0.25, 0.3) is 10.9 Å². The number of nitrogens with one attached hydrogen (secondary N) is 1. The molecule has 0 aliphatic heterocycles. The van der Waals surface area contributed by atoms with Crippen LogP contribution in [0.5, 0.6) is 0 Å². The first kappa shape index (κ1) is 21.4. The van der Waals surface area contributed by atoms with Crippen molar-refractivity contribution in [1.82, 2.24) is 9.88 Å². The Labute approximate surface area is 178 Å². The van der Waals surface area contributed by atoms with Crippen LogP contribution >= 0.6 is 11.3 Å². The molecule has 0 aliphatic rings. The lowest BCUT2D eigenvalue weighted by molar-refractivity contribution is 0.0527. The fourth-order valence-electron chi connectivity index (χ4n) is 3.12. The standard InChI is InChI=1S/C22H23N3O4S/c1-6-29-22(28)17-13(3)18(21(27)25(4)5)30-20(17)24-19(26)15-11-12(2)23-16-10-8-7-9-14(15)16/h7-11H,6H2,1-5H3,(H,24,26). The molecule has 2 aromatic heterocycles. The van der Waals surface area contributed by atoms with Crippen LogP contribution in [-0.2, 0) is 4.74 Å². The monoisotopic (exact) mass is 425 g/mol. The average Bonchev–Trinajstić information content (AvgIpc) is 3.02. The molecule has 3 rings (SSSR count). The van der Waals surface area contributed by atoms with E-state index < -0.39 is 5.97 Å². The van der Waals surface area contributed by atoms with E-state index >= 15 is 0 Å². The molecular weight excluding hydrogens is 402 g/mol. The lowest BCUT2D eigenvalue weighted by atomic mass is 10.1. The van der Waals surface area contributed by atoms with Crippen LogP contribution in [-0.4, -0.2) is 48.4 Å². The number of benzene rings is 1. The SMILES string of the molecule is CCOC(=O)c1c(NC(=O)c2cc(C)nc3ccccc23)sc(C(=O)N(C)C)c1C. The summed E-state index contributed by atoms with van der Waals surface area (Å²) in [6.07, 6.45) is 0. The molecule has 0 saturated heterocycles. The summed E-state index contributed by atoms with van der Waals surface area (Å²) in [5.74, 6) is -1.20. The molecule has 3 aromatic rings. The lowest BCUT2D eigenvalue weighted by Crippen LogP contribution is -2.21. The fourth-order valence-corrected chi connectivity index (χ4v) is 4.34. The van der Waals surface area contributed by atoms with Gasteiger partial charge in [-0.05, 0) is 38.5 Å². The summed E-state index contributed by atoms with van der Waals surface area (Å²) in [5.41, 5.74) is 2.55. The first-order chi connectivity index (χ1) is 14.2. The summed E-state index contributed by atoms with van der Waals surface area (Å²) >= 11 is 1.07. The maximum Gasteiger partial charge on any atom is 0.341 e. The predicted octanol–water partition coefficient (Wildman–Crippen LogP) is 4.04. The molecule has 0 bridgehead atoms. The number of rotatable bonds is 5. The molecule has 0 atom stereocenters. The molecule has 7 nitrogen and oxygen atoms in total. The molecule has 0 unspecified atom stereocenters. The zero-order valence-electron chi connectivity index (χ0n) is 17.5. The Morgan fingerprint density at radius 3 is 2.53 bits per heavy atom. The Morgan fingerprint density at radius 2 is 1.87 bits per heavy atom. The third kappa shape index (κ3) is 4.04. The van der Waals surface area contributed by atoms with Gasteiger partial charge in [0.05, 0.1) is 28.1 Å². The van der Waals surface area contributed by atoms with Gasteiger partial charge in [-0.1, -0.05) is 18.2 Å². The van der Waals surface area contributed by atoms with Crippen molar-refractivity contribution < 1.29 is 19.1 Å². The van der Waals surface area contributed by atoms with E-state index in [9.17, 15) is 14.4 Å². The Bertz CT molecular complexity index is 1150. The molecule has 1 aromatic carbocycles. The van der Waals surface area contributed by atoms with E-state index in [0.29, 0.717) is 37.6 Å². The highest BCUT2D eigenvalue weighted by Crippen LogP contribution is 2.35. The summed E-state index contributed by atoms with van der Waals surface area (Å²) in [6.45, 7) is 5.39. The Hall–Kier alpha value is -3.26. The van der Waals surface area contributed by atoms with Crippen molar-refractivity contribution in [3.63, 3.8) is 0 Å². The number of aromatic nitrogens is 1. The number of hydrogen-bond donors (Lipinski definition) is 1. The number of anilines is 1. The molecule has 2 amide bonds. The molecule has 0 spiro atoms. The number of para-hydroxylation sites is 1. The van der Waals surface area contributed by atoms with Crippen molar-refractivity contribution in [2.45, 2.75) is 20.8 Å². The molecule has 8 heteroatoms. The second-order valence-electron chi connectivity index (χ2n) is 6.96. The molecular formula is C22H23N3O4S. The van der Waals surface area contributed by atoms with E-state index in [0.717, 1.165) is 11.3 Å². The third-order valence-electron chi connectivity index (χ3n) is 4.54. The van der Waals surface area contributed by atoms with Crippen LogP contribution < -0.4 is 5.32 Å². The van der Waals surface area contributed by atoms with Crippen molar-refractivity contribution in [2.75, 3.05) is 26.0 Å². The molecule has 156 valence electrons. The first-order valence-electron chi connectivity index (χ1n) is 9.44. The highest BCUT2D eigenvalue weighted by atomic mass is 32.1. The quantitative estimate of drug-likeness (QED) is 0.623. The van der Waals surface area contributed by atoms with E-state index in [1.165, 1.54) is 4.90 Å². The Balaban J connectivity index is 2.08. The number of ether oxygens (including phenoxy) is 1. The minimum Gasteiger partial charge on any atom is -0.462 e. The van der Waals surface area contributed by atoms with Gasteiger partial charge in [-0.3, -0.25) is 14.6 Å². The predicted molar refractivity (Wildman–Crippen MR) is 117 cm³/mol. The van der Waals surface area contributed by atoms with Crippen LogP contribution in [0.1, 0.15) is 48.6 Å². The van der Waals surface area contributed by atoms with E-state index in [4.69, 9.17) is 4.74 Å². The number of amides is 2. The molecule has 30 heavy (non-hydrogen) atoms. The largest absolute Gasteiger partial charge is 0.462 e. The maximum atomic E-state index is 13.2. The van der Waals surface area contributed by atoms with Gasteiger partial charge in [0.25, 0.3) is 11.8 Å². The van der Waals surface area contributed by atoms with Gasteiger partial charge in [0.2, 0.25) is 0 Å². The minimum absolute atomic E-state index is 0.187. The second-order valence-corrected chi connectivity index (χ2v) is 7.98. The zero-order chi connectivity index (χ0) is 22.0. The second kappa shape index (κ2) is 8.62. The normalized spacial score (nSPS) is 10.7. The van der Waals surface area contributed by atoms with Gasteiger partial charge in [0.15, 0.2) is 0 Å². The van der Waals surface area contributed by atoms with Gasteiger partial charge in [-0.25, -0.2) is 4.79 Å². The maximum absolute atomic E-state index is 13.2. The molecule has 0 fully saturated rings. The molecule has 0 radical (unpaired) electrons. The molecule has 2 heterocycles. The number of esters is 1. The Morgan fingerprint density at radius 1 is 1.17 bits per heavy atom. The number of carbonyl (C=O) groups excluding carboxylic acids is 3. The van der Waals surface area contributed by atoms with E-state index in [-0.39, 0.29) is 24.0 Å². The Kier molecular flexibility index (Phi) is 6.17. The van der Waals surface area contributed by atoms with Crippen LogP contribution in [0.2, 0.25) is 0 Å². The number of thiophene rings is 1. The summed E-state index contributed by atoms with van der Waals surface area (Å²) in [4.78, 5) is 44.6.